The fourth-order valence-electron chi connectivity index (χ4n) is 6.30. The van der Waals surface area contributed by atoms with E-state index in [1.807, 2.05) is 119 Å². The highest BCUT2D eigenvalue weighted by molar-refractivity contribution is 5.95. The summed E-state index contributed by atoms with van der Waals surface area (Å²) in [7, 11) is 1.69. The van der Waals surface area contributed by atoms with E-state index in [-0.39, 0.29) is 41.5 Å². The van der Waals surface area contributed by atoms with E-state index in [0.717, 1.165) is 16.7 Å². The average Bonchev–Trinajstić information content (AvgIpc) is 3.57. The van der Waals surface area contributed by atoms with Gasteiger partial charge in [-0.2, -0.15) is 0 Å². The molecule has 6 atom stereocenters. The molecule has 1 heterocycles. The molecule has 9 nitrogen and oxygen atoms in total. The van der Waals surface area contributed by atoms with Crippen molar-refractivity contribution in [1.82, 2.24) is 26.2 Å². The van der Waals surface area contributed by atoms with Crippen molar-refractivity contribution in [3.63, 3.8) is 0 Å². The van der Waals surface area contributed by atoms with Crippen LogP contribution in [0.15, 0.2) is 91.0 Å². The third kappa shape index (κ3) is 8.69. The molecule has 1 fully saturated rings. The largest absolute Gasteiger partial charge is 0.343 e. The number of hydrogen-bond acceptors (Lipinski definition) is 5. The van der Waals surface area contributed by atoms with Gasteiger partial charge in [0.1, 0.15) is 18.1 Å². The number of benzene rings is 3. The zero-order valence-corrected chi connectivity index (χ0v) is 29.0. The number of nitrogens with one attached hydrogen (secondary N) is 4. The van der Waals surface area contributed by atoms with Crippen molar-refractivity contribution in [3.05, 3.63) is 108 Å². The zero-order chi connectivity index (χ0) is 34.8. The maximum Gasteiger partial charge on any atom is 0.246 e. The molecular weight excluding hydrogens is 602 g/mol. The minimum Gasteiger partial charge on any atom is -0.343 e. The molecule has 0 aromatic heterocycles. The summed E-state index contributed by atoms with van der Waals surface area (Å²) in [6.45, 7) is 9.43. The molecule has 256 valence electrons. The van der Waals surface area contributed by atoms with E-state index in [1.165, 1.54) is 0 Å². The maximum absolute atomic E-state index is 14.4. The van der Waals surface area contributed by atoms with E-state index in [9.17, 15) is 19.2 Å². The molecule has 4 N–H and O–H groups in total. The summed E-state index contributed by atoms with van der Waals surface area (Å²) in [4.78, 5) is 57.4. The van der Waals surface area contributed by atoms with Crippen LogP contribution in [0.25, 0.3) is 0 Å². The molecule has 3 aromatic carbocycles. The standard InChI is InChI=1S/C39H51N5O4/c1-7-26(4)34(38(47)43-35(29-19-13-9-14-20-29)30-21-15-10-16-22-30)42-37(46)32-24-23-31(28-17-11-8-12-18-28)44(32)39(48)33(25(2)3)41-36(45)27(5)40-6/h8-22,25-27,31-35,40H,7,23-24H2,1-6H3,(H,41,45)(H,42,46)(H,43,47)/t26?,27?,31-,32+,33?,34?/m1/s1. The Morgan fingerprint density at radius 3 is 1.75 bits per heavy atom. The van der Waals surface area contributed by atoms with Crippen LogP contribution in [0.2, 0.25) is 0 Å². The van der Waals surface area contributed by atoms with E-state index in [4.69, 9.17) is 0 Å². The number of nitrogens with zero attached hydrogens (tertiary/aromatic N) is 1. The highest BCUT2D eigenvalue weighted by atomic mass is 16.2. The molecule has 0 aliphatic carbocycles. The second kappa shape index (κ2) is 17.1. The second-order valence-corrected chi connectivity index (χ2v) is 13.1. The van der Waals surface area contributed by atoms with Crippen LogP contribution in [0.1, 0.15) is 82.7 Å². The molecule has 1 aliphatic rings. The SMILES string of the molecule is CCC(C)C(NC(=O)[C@@H]1CC[C@H](c2ccccc2)N1C(=O)C(NC(=O)C(C)NC)C(C)C)C(=O)NC(c1ccccc1)c1ccccc1. The molecule has 3 aromatic rings. The van der Waals surface area contributed by atoms with Gasteiger partial charge in [0, 0.05) is 0 Å². The molecule has 1 aliphatic heterocycles. The predicted octanol–water partition coefficient (Wildman–Crippen LogP) is 4.90. The fourth-order valence-corrected chi connectivity index (χ4v) is 6.30. The van der Waals surface area contributed by atoms with Crippen molar-refractivity contribution in [2.24, 2.45) is 11.8 Å². The van der Waals surface area contributed by atoms with Gasteiger partial charge in [0.05, 0.1) is 18.1 Å². The lowest BCUT2D eigenvalue weighted by Gasteiger charge is -2.36. The fraction of sp³-hybridized carbons (Fsp3) is 0.436. The van der Waals surface area contributed by atoms with Crippen LogP contribution in [-0.2, 0) is 19.2 Å². The molecule has 4 amide bonds. The minimum absolute atomic E-state index is 0.178. The number of likely N-dealkylation sites (N-methyl/N-ethyl adjacent to an activating group) is 1. The first-order chi connectivity index (χ1) is 23.1. The van der Waals surface area contributed by atoms with Crippen molar-refractivity contribution in [1.29, 1.82) is 0 Å². The summed E-state index contributed by atoms with van der Waals surface area (Å²) in [5, 5.41) is 12.1. The highest BCUT2D eigenvalue weighted by Crippen LogP contribution is 2.37. The molecule has 1 saturated heterocycles. The normalized spacial score (nSPS) is 18.5. The molecular formula is C39H51N5O4. The van der Waals surface area contributed by atoms with Crippen LogP contribution in [-0.4, -0.2) is 59.7 Å². The Morgan fingerprint density at radius 2 is 1.25 bits per heavy atom. The van der Waals surface area contributed by atoms with E-state index in [2.05, 4.69) is 21.3 Å². The summed E-state index contributed by atoms with van der Waals surface area (Å²) in [5.74, 6) is -1.68. The smallest absolute Gasteiger partial charge is 0.246 e. The number of hydrogen-bond donors (Lipinski definition) is 4. The van der Waals surface area contributed by atoms with Crippen molar-refractivity contribution < 1.29 is 19.2 Å². The van der Waals surface area contributed by atoms with Crippen molar-refractivity contribution in [2.75, 3.05) is 7.05 Å². The van der Waals surface area contributed by atoms with Gasteiger partial charge >= 0.3 is 0 Å². The lowest BCUT2D eigenvalue weighted by Crippen LogP contribution is -2.59. The number of rotatable bonds is 14. The quantitative estimate of drug-likeness (QED) is 0.197. The topological polar surface area (TPSA) is 120 Å². The maximum atomic E-state index is 14.4. The summed E-state index contributed by atoms with van der Waals surface area (Å²) >= 11 is 0. The Hall–Kier alpha value is -4.50. The van der Waals surface area contributed by atoms with Crippen molar-refractivity contribution in [3.8, 4) is 0 Å². The number of carbonyl (C=O) groups excluding carboxylic acids is 4. The van der Waals surface area contributed by atoms with Gasteiger partial charge in [-0.1, -0.05) is 125 Å². The van der Waals surface area contributed by atoms with Crippen molar-refractivity contribution >= 4 is 23.6 Å². The number of amides is 4. The van der Waals surface area contributed by atoms with Crippen molar-refractivity contribution in [2.45, 2.75) is 90.1 Å². The molecule has 0 saturated carbocycles. The van der Waals surface area contributed by atoms with E-state index >= 15 is 0 Å². The summed E-state index contributed by atoms with van der Waals surface area (Å²) in [5.41, 5.74) is 2.78. The average molecular weight is 654 g/mol. The molecule has 9 heteroatoms. The Bertz CT molecular complexity index is 1460. The Kier molecular flexibility index (Phi) is 12.9. The first-order valence-corrected chi connectivity index (χ1v) is 17.1. The van der Waals surface area contributed by atoms with Gasteiger partial charge in [0.2, 0.25) is 23.6 Å². The Balaban J connectivity index is 1.63. The predicted molar refractivity (Wildman–Crippen MR) is 189 cm³/mol. The Labute approximate surface area is 285 Å². The van der Waals surface area contributed by atoms with Crippen LogP contribution >= 0.6 is 0 Å². The van der Waals surface area contributed by atoms with Gasteiger partial charge in [0.25, 0.3) is 0 Å². The number of carbonyl (C=O) groups is 4. The van der Waals surface area contributed by atoms with E-state index < -0.39 is 30.2 Å². The van der Waals surface area contributed by atoms with Gasteiger partial charge in [-0.3, -0.25) is 19.2 Å². The van der Waals surface area contributed by atoms with Crippen LogP contribution < -0.4 is 21.3 Å². The lowest BCUT2D eigenvalue weighted by atomic mass is 9.94. The molecule has 0 bridgehead atoms. The lowest BCUT2D eigenvalue weighted by molar-refractivity contribution is -0.145. The molecule has 0 spiro atoms. The third-order valence-electron chi connectivity index (χ3n) is 9.53. The molecule has 4 unspecified atom stereocenters. The van der Waals surface area contributed by atoms with Crippen LogP contribution in [0.3, 0.4) is 0 Å². The third-order valence-corrected chi connectivity index (χ3v) is 9.53. The summed E-state index contributed by atoms with van der Waals surface area (Å²) in [6.07, 6.45) is 1.66. The molecule has 0 radical (unpaired) electrons. The van der Waals surface area contributed by atoms with E-state index in [0.29, 0.717) is 19.3 Å². The van der Waals surface area contributed by atoms with Gasteiger partial charge in [-0.25, -0.2) is 0 Å². The first-order valence-electron chi connectivity index (χ1n) is 17.1. The van der Waals surface area contributed by atoms with Gasteiger partial charge in [0.15, 0.2) is 0 Å². The van der Waals surface area contributed by atoms with Gasteiger partial charge in [-0.15, -0.1) is 0 Å². The van der Waals surface area contributed by atoms with Gasteiger partial charge < -0.3 is 26.2 Å². The number of likely N-dealkylation sites (tertiary alicyclic amines) is 1. The second-order valence-electron chi connectivity index (χ2n) is 13.1. The summed E-state index contributed by atoms with van der Waals surface area (Å²) in [6, 6.07) is 25.4. The highest BCUT2D eigenvalue weighted by Gasteiger charge is 2.45. The van der Waals surface area contributed by atoms with Gasteiger partial charge in [-0.05, 0) is 55.3 Å². The van der Waals surface area contributed by atoms with E-state index in [1.54, 1.807) is 18.9 Å². The van der Waals surface area contributed by atoms with Crippen LogP contribution in [0.4, 0.5) is 0 Å². The first kappa shape index (κ1) is 36.3. The minimum atomic E-state index is -0.834. The molecule has 48 heavy (non-hydrogen) atoms. The van der Waals surface area contributed by atoms with Crippen LogP contribution in [0, 0.1) is 11.8 Å². The monoisotopic (exact) mass is 653 g/mol. The zero-order valence-electron chi connectivity index (χ0n) is 29.0. The molecule has 4 rings (SSSR count). The summed E-state index contributed by atoms with van der Waals surface area (Å²) < 4.78 is 0. The Morgan fingerprint density at radius 1 is 0.708 bits per heavy atom. The van der Waals surface area contributed by atoms with Crippen LogP contribution in [0.5, 0.6) is 0 Å².